The summed E-state index contributed by atoms with van der Waals surface area (Å²) in [5, 5.41) is 60.1. The molecule has 0 aliphatic heterocycles. The Morgan fingerprint density at radius 2 is 1.11 bits per heavy atom. The molecular formula is C96H141N17O19. The smallest absolute Gasteiger partial charge is 0.246 e. The van der Waals surface area contributed by atoms with Crippen molar-refractivity contribution >= 4 is 105 Å². The first-order valence-corrected chi connectivity index (χ1v) is 45.6. The molecule has 4 aromatic rings. The number of rotatable bonds is 69. The predicted octanol–water partition coefficient (Wildman–Crippen LogP) is 4.59. The van der Waals surface area contributed by atoms with Gasteiger partial charge in [-0.05, 0) is 173 Å². The van der Waals surface area contributed by atoms with Crippen LogP contribution in [0, 0.1) is 11.8 Å². The van der Waals surface area contributed by atoms with Gasteiger partial charge in [0.2, 0.25) is 41.1 Å². The zero-order chi connectivity index (χ0) is 97.8. The number of aldehydes is 1. The molecule has 724 valence electrons. The lowest BCUT2D eigenvalue weighted by atomic mass is 9.89. The molecule has 5 rings (SSSR count). The van der Waals surface area contributed by atoms with Crippen LogP contribution in [0.5, 0.6) is 0 Å². The number of nitrogens with one attached hydrogen (secondary N) is 13. The van der Waals surface area contributed by atoms with Gasteiger partial charge in [0.1, 0.15) is 53.9 Å². The molecule has 0 bridgehead atoms. The van der Waals surface area contributed by atoms with E-state index in [2.05, 4.69) is 79.6 Å². The van der Waals surface area contributed by atoms with E-state index in [0.717, 1.165) is 22.0 Å². The van der Waals surface area contributed by atoms with Crippen LogP contribution in [0.1, 0.15) is 215 Å². The minimum absolute atomic E-state index is 0.0244. The van der Waals surface area contributed by atoms with Crippen molar-refractivity contribution in [2.24, 2.45) is 33.6 Å². The maximum Gasteiger partial charge on any atom is 0.246 e. The number of allylic oxidation sites excluding steroid dienone is 5. The Morgan fingerprint density at radius 3 is 1.67 bits per heavy atom. The molecule has 0 saturated carbocycles. The average Bonchev–Trinajstić information content (AvgIpc) is 1.46. The maximum absolute atomic E-state index is 14.9. The number of aliphatic hydroxyl groups is 3. The van der Waals surface area contributed by atoms with E-state index in [1.54, 1.807) is 62.5 Å². The number of ketones is 10. The van der Waals surface area contributed by atoms with Gasteiger partial charge in [0.25, 0.3) is 0 Å². The SMILES string of the molecule is CC(=O)N[C@@H](CC(C)C)C(=O)N[C@H](C(=O)C(=O)[C@H](Cc1ccccc1)NN[C@](C)(CCCCCCC=CCCC[C@](C)(NC(=O)[C@H](CC(C)C)NN[C@@H](CCC(N)=O)C(=O)CN[C@@H](C)C(=O)CC(=O)[C@H](Cc1c[nH]c2ccccc12)N=N[C@H](C=O)CC1=CC=C(O)CC1)C(=O)N[C@@H](CO)C(=O)CC(=O)[C@H](C)NCC(=O)[C@H](Cc1ccccc1)NN)C(=O)CN[C@@H](C)C(C)=O)[C@@H](C)O. The van der Waals surface area contributed by atoms with E-state index in [-0.39, 0.29) is 119 Å². The van der Waals surface area contributed by atoms with Crippen molar-refractivity contribution in [2.75, 3.05) is 26.2 Å². The van der Waals surface area contributed by atoms with Crippen molar-refractivity contribution in [3.8, 4) is 0 Å². The zero-order valence-corrected chi connectivity index (χ0v) is 78.3. The van der Waals surface area contributed by atoms with Crippen LogP contribution in [0.2, 0.25) is 0 Å². The van der Waals surface area contributed by atoms with Crippen molar-refractivity contribution in [3.63, 3.8) is 0 Å². The van der Waals surface area contributed by atoms with E-state index >= 15 is 0 Å². The molecule has 0 radical (unpaired) electrons. The third-order valence-electron chi connectivity index (χ3n) is 23.3. The van der Waals surface area contributed by atoms with E-state index < -0.39 is 186 Å². The summed E-state index contributed by atoms with van der Waals surface area (Å²) in [5.41, 5.74) is 20.5. The van der Waals surface area contributed by atoms with Gasteiger partial charge >= 0.3 is 0 Å². The lowest BCUT2D eigenvalue weighted by Gasteiger charge is -2.33. The highest BCUT2D eigenvalue weighted by Gasteiger charge is 2.42. The Kier molecular flexibility index (Phi) is 48.6. The Hall–Kier alpha value is -10.9. The number of benzene rings is 3. The van der Waals surface area contributed by atoms with E-state index in [9.17, 15) is 92.0 Å². The van der Waals surface area contributed by atoms with Gasteiger partial charge in [0.05, 0.1) is 92.7 Å². The van der Waals surface area contributed by atoms with Crippen molar-refractivity contribution in [2.45, 2.75) is 308 Å². The largest absolute Gasteiger partial charge is 0.512 e. The van der Waals surface area contributed by atoms with Crippen LogP contribution in [0.4, 0.5) is 0 Å². The third kappa shape index (κ3) is 39.1. The number of primary amides is 1. The normalized spacial score (nSPS) is 16.2. The quantitative estimate of drug-likeness (QED) is 0.00420. The fourth-order valence-corrected chi connectivity index (χ4v) is 14.7. The minimum Gasteiger partial charge on any atom is -0.512 e. The maximum atomic E-state index is 14.9. The van der Waals surface area contributed by atoms with Crippen molar-refractivity contribution in [3.05, 3.63) is 143 Å². The molecule has 3 aromatic carbocycles. The number of unbranched alkanes of at least 4 members (excludes halogenated alkanes) is 5. The number of H-pyrrole nitrogens is 1. The number of amides is 5. The fraction of sp³-hybridized carbons (Fsp3) is 0.562. The molecule has 36 heteroatoms. The second-order valence-electron chi connectivity index (χ2n) is 35.7. The van der Waals surface area contributed by atoms with Crippen LogP contribution < -0.4 is 75.9 Å². The summed E-state index contributed by atoms with van der Waals surface area (Å²) < 4.78 is 0. The third-order valence-corrected chi connectivity index (χ3v) is 23.3. The second kappa shape index (κ2) is 57.5. The molecule has 0 unspecified atom stereocenters. The minimum atomic E-state index is -1.86. The molecule has 36 nitrogen and oxygen atoms in total. The monoisotopic (exact) mass is 1840 g/mol. The number of nitrogens with two attached hydrogens (primary N) is 2. The molecule has 0 saturated heterocycles. The Balaban J connectivity index is 1.31. The Labute approximate surface area is 773 Å². The van der Waals surface area contributed by atoms with Crippen LogP contribution >= 0.6 is 0 Å². The second-order valence-corrected chi connectivity index (χ2v) is 35.7. The number of hydrazine groups is 3. The van der Waals surface area contributed by atoms with E-state index in [0.29, 0.717) is 68.8 Å². The summed E-state index contributed by atoms with van der Waals surface area (Å²) >= 11 is 0. The number of hydrogen-bond donors (Lipinski definition) is 18. The van der Waals surface area contributed by atoms with Gasteiger partial charge in [-0.2, -0.15) is 10.2 Å². The van der Waals surface area contributed by atoms with Gasteiger partial charge < -0.3 is 68.0 Å². The lowest BCUT2D eigenvalue weighted by molar-refractivity contribution is -0.142. The summed E-state index contributed by atoms with van der Waals surface area (Å²) in [4.78, 5) is 222. The van der Waals surface area contributed by atoms with Gasteiger partial charge in [-0.3, -0.25) is 77.8 Å². The summed E-state index contributed by atoms with van der Waals surface area (Å²) in [5.74, 6) is -4.53. The van der Waals surface area contributed by atoms with Gasteiger partial charge in [0, 0.05) is 43.3 Å². The first kappa shape index (κ1) is 112. The van der Waals surface area contributed by atoms with Gasteiger partial charge in [-0.1, -0.05) is 150 Å². The van der Waals surface area contributed by atoms with Crippen LogP contribution in [-0.2, 0) is 96.0 Å². The zero-order valence-electron chi connectivity index (χ0n) is 78.3. The van der Waals surface area contributed by atoms with Crippen molar-refractivity contribution in [1.29, 1.82) is 0 Å². The van der Waals surface area contributed by atoms with Gasteiger partial charge in [-0.25, -0.2) is 27.1 Å². The number of azo groups is 1. The number of Topliss-reactive ketones (excluding diaryl/α,β-unsaturated/α-hetero) is 10. The number of aliphatic hydroxyl groups excluding tert-OH is 3. The highest BCUT2D eigenvalue weighted by atomic mass is 16.3. The first-order chi connectivity index (χ1) is 62.6. The molecular weight excluding hydrogens is 1700 g/mol. The first-order valence-electron chi connectivity index (χ1n) is 45.6. The summed E-state index contributed by atoms with van der Waals surface area (Å²) in [6, 6.07) is 11.2. The molecule has 132 heavy (non-hydrogen) atoms. The molecule has 0 fully saturated rings. The molecule has 5 amide bonds. The van der Waals surface area contributed by atoms with Crippen LogP contribution in [0.25, 0.3) is 10.9 Å². The predicted molar refractivity (Wildman–Crippen MR) is 499 cm³/mol. The molecule has 1 aliphatic rings. The van der Waals surface area contributed by atoms with E-state index in [1.807, 2.05) is 94.4 Å². The molecule has 15 atom stereocenters. The molecule has 0 spiro atoms. The topological polar surface area (TPSA) is 571 Å². The van der Waals surface area contributed by atoms with Crippen molar-refractivity contribution < 1.29 is 92.0 Å². The molecule has 1 heterocycles. The molecule has 1 aliphatic carbocycles. The summed E-state index contributed by atoms with van der Waals surface area (Å²) in [7, 11) is 0. The fourth-order valence-electron chi connectivity index (χ4n) is 14.7. The number of para-hydroxylation sites is 1. The van der Waals surface area contributed by atoms with Gasteiger partial charge in [-0.15, -0.1) is 0 Å². The Morgan fingerprint density at radius 1 is 0.545 bits per heavy atom. The molecule has 20 N–H and O–H groups in total. The number of aromatic amines is 1. The number of fused-ring (bicyclic) bond motifs is 1. The Bertz CT molecular complexity index is 4650. The van der Waals surface area contributed by atoms with Crippen LogP contribution in [-0.4, -0.2) is 230 Å². The molecule has 1 aromatic heterocycles. The van der Waals surface area contributed by atoms with E-state index in [1.165, 1.54) is 41.5 Å². The van der Waals surface area contributed by atoms with Crippen LogP contribution in [0.3, 0.4) is 0 Å². The number of aromatic nitrogens is 1. The number of carbonyl (C=O) groups is 16. The average molecular weight is 1840 g/mol. The number of hydrogen-bond acceptors (Lipinski definition) is 30. The summed E-state index contributed by atoms with van der Waals surface area (Å²) in [6.07, 6.45) is 11.3. The number of nitrogens with zero attached hydrogens (tertiary/aromatic N) is 2. The highest BCUT2D eigenvalue weighted by Crippen LogP contribution is 2.26. The van der Waals surface area contributed by atoms with Crippen LogP contribution in [0.15, 0.2) is 137 Å². The van der Waals surface area contributed by atoms with E-state index in [4.69, 9.17) is 11.6 Å². The van der Waals surface area contributed by atoms with Crippen molar-refractivity contribution in [1.82, 2.24) is 69.3 Å². The lowest BCUT2D eigenvalue weighted by Crippen LogP contribution is -2.64. The number of carbonyl (C=O) groups excluding carboxylic acids is 16. The standard InChI is InChI=1S/C96H141N17O19/c1-58(2)44-78(103-65(10)118)92(130)105-89(64(9)117)91(129)90(128)77(48-67-32-24-21-25-33-67)112-113-95(11,87(126)55-101-60(5)63(8)116)42-28-18-16-14-13-15-17-19-29-43-96(12,94(132)104-80(57-115)84(123)51-82(121)62(7)100-54-86(125)75(107-98)47-66-30-22-20-23-31-66)106-93(131)79(45-59(3)4)111-109-74(40-41-88(97)127)85(124)53-99-61(6)81(120)50-83(122)76(49-69-52-102-73-35-27-26-34-72(69)73)110-108-70(56-114)46-68-36-38-71(119)39-37-68/h15,17,20-27,30-36,38,52,56,58-62,64,70,74-80,89,99-102,107,109,111-113,115,117,119H,13-14,16,18-19,28-29,37,39-51,53-55,57,98H2,1-12H3,(H2,97,127)(H,103,118)(H,104,132)(H,105,130)(H,106,131)/t60-,61-,62-,64+,70-,74-,75-,76-,77-,78-,79-,80-,89-,95+,96-/m0/s1. The van der Waals surface area contributed by atoms with Gasteiger partial charge in [0.15, 0.2) is 40.5 Å². The highest BCUT2D eigenvalue weighted by molar-refractivity contribution is 6.41. The summed E-state index contributed by atoms with van der Waals surface area (Å²) in [6.45, 7) is 16.7.